The molecule has 0 aliphatic rings. The number of rotatable bonds is 2. The van der Waals surface area contributed by atoms with Gasteiger partial charge in [-0.25, -0.2) is 8.78 Å². The summed E-state index contributed by atoms with van der Waals surface area (Å²) < 4.78 is 33.4. The smallest absolute Gasteiger partial charge is 0.189 e. The lowest BCUT2D eigenvalue weighted by atomic mass is 10.1. The molecule has 0 saturated heterocycles. The molecule has 0 bridgehead atoms. The van der Waals surface area contributed by atoms with Crippen LogP contribution in [0.15, 0.2) is 47.1 Å². The highest BCUT2D eigenvalue weighted by molar-refractivity contribution is 9.10. The molecule has 0 fully saturated rings. The van der Waals surface area contributed by atoms with E-state index in [1.54, 1.807) is 12.1 Å². The Labute approximate surface area is 127 Å². The number of aromatic nitrogens is 1. The van der Waals surface area contributed by atoms with E-state index < -0.39 is 11.6 Å². The fourth-order valence-electron chi connectivity index (χ4n) is 1.97. The van der Waals surface area contributed by atoms with Gasteiger partial charge in [-0.1, -0.05) is 0 Å². The van der Waals surface area contributed by atoms with Crippen molar-refractivity contribution >= 4 is 32.5 Å². The minimum absolute atomic E-state index is 0.0819. The normalized spacial score (nSPS) is 10.8. The molecular weight excluding hydrogens is 342 g/mol. The maximum Gasteiger partial charge on any atom is 0.189 e. The average Bonchev–Trinajstić information content (AvgIpc) is 2.47. The van der Waals surface area contributed by atoms with Crippen LogP contribution in [0, 0.1) is 11.6 Å². The Morgan fingerprint density at radius 3 is 2.67 bits per heavy atom. The first-order valence-electron chi connectivity index (χ1n) is 6.02. The van der Waals surface area contributed by atoms with Crippen LogP contribution in [0.1, 0.15) is 0 Å². The molecule has 3 rings (SSSR count). The number of fused-ring (bicyclic) bond motifs is 1. The van der Waals surface area contributed by atoms with Gasteiger partial charge < -0.3 is 10.5 Å². The predicted molar refractivity (Wildman–Crippen MR) is 80.3 cm³/mol. The molecule has 6 heteroatoms. The molecule has 3 aromatic rings. The number of halogens is 3. The van der Waals surface area contributed by atoms with Crippen LogP contribution in [0.2, 0.25) is 0 Å². The van der Waals surface area contributed by atoms with Crippen LogP contribution < -0.4 is 10.5 Å². The Kier molecular flexibility index (Phi) is 3.47. The van der Waals surface area contributed by atoms with Crippen LogP contribution in [0.25, 0.3) is 10.9 Å². The topological polar surface area (TPSA) is 48.1 Å². The van der Waals surface area contributed by atoms with Gasteiger partial charge in [-0.05, 0) is 40.2 Å². The van der Waals surface area contributed by atoms with Gasteiger partial charge in [0.15, 0.2) is 11.6 Å². The van der Waals surface area contributed by atoms with Crippen LogP contribution in [-0.4, -0.2) is 4.98 Å². The van der Waals surface area contributed by atoms with E-state index in [0.29, 0.717) is 15.4 Å². The minimum Gasteiger partial charge on any atom is -0.452 e. The molecule has 0 saturated carbocycles. The summed E-state index contributed by atoms with van der Waals surface area (Å²) in [5.41, 5.74) is 6.32. The van der Waals surface area contributed by atoms with Crippen molar-refractivity contribution in [3.05, 3.63) is 58.7 Å². The van der Waals surface area contributed by atoms with Crippen LogP contribution in [0.3, 0.4) is 0 Å². The van der Waals surface area contributed by atoms with Crippen molar-refractivity contribution in [2.75, 3.05) is 5.73 Å². The second kappa shape index (κ2) is 5.29. The van der Waals surface area contributed by atoms with Gasteiger partial charge in [-0.2, -0.15) is 0 Å². The number of hydrogen-bond donors (Lipinski definition) is 1. The third-order valence-corrected chi connectivity index (χ3v) is 3.59. The van der Waals surface area contributed by atoms with Crippen molar-refractivity contribution in [1.82, 2.24) is 4.98 Å². The first-order chi connectivity index (χ1) is 10.1. The molecule has 0 atom stereocenters. The molecule has 1 heterocycles. The zero-order chi connectivity index (χ0) is 15.0. The summed E-state index contributed by atoms with van der Waals surface area (Å²) in [6.07, 6.45) is 1.51. The molecule has 106 valence electrons. The Bertz CT molecular complexity index is 839. The highest BCUT2D eigenvalue weighted by atomic mass is 79.9. The highest BCUT2D eigenvalue weighted by Crippen LogP contribution is 2.35. The Hall–Kier alpha value is -2.21. The Balaban J connectivity index is 2.14. The fraction of sp³-hybridized carbons (Fsp3) is 0. The number of nitrogens with two attached hydrogens (primary N) is 1. The van der Waals surface area contributed by atoms with Crippen molar-refractivity contribution in [3.8, 4) is 11.5 Å². The van der Waals surface area contributed by atoms with E-state index >= 15 is 0 Å². The summed E-state index contributed by atoms with van der Waals surface area (Å²) in [5.74, 6) is -1.06. The minimum atomic E-state index is -0.651. The molecule has 0 amide bonds. The van der Waals surface area contributed by atoms with Gasteiger partial charge in [0.25, 0.3) is 0 Å². The highest BCUT2D eigenvalue weighted by Gasteiger charge is 2.14. The monoisotopic (exact) mass is 350 g/mol. The van der Waals surface area contributed by atoms with E-state index in [9.17, 15) is 8.78 Å². The van der Waals surface area contributed by atoms with Crippen LogP contribution in [0.4, 0.5) is 14.5 Å². The quantitative estimate of drug-likeness (QED) is 0.684. The SMILES string of the molecule is Nc1cc(F)c(Oc2ccc(Br)c(F)c2)c2ncccc12. The summed E-state index contributed by atoms with van der Waals surface area (Å²) in [6.45, 7) is 0. The van der Waals surface area contributed by atoms with Gasteiger partial charge >= 0.3 is 0 Å². The standard InChI is InChI=1S/C15H9BrF2N2O/c16-10-4-3-8(6-11(10)17)21-15-12(18)7-13(19)9-2-1-5-20-14(9)15/h1-7H,19H2. The molecular formula is C15H9BrF2N2O. The predicted octanol–water partition coefficient (Wildman–Crippen LogP) is 4.65. The molecule has 2 aromatic carbocycles. The summed E-state index contributed by atoms with van der Waals surface area (Å²) in [6, 6.07) is 8.74. The maximum atomic E-state index is 14.1. The van der Waals surface area contributed by atoms with E-state index in [-0.39, 0.29) is 17.2 Å². The van der Waals surface area contributed by atoms with Crippen molar-refractivity contribution in [2.45, 2.75) is 0 Å². The fourth-order valence-corrected chi connectivity index (χ4v) is 2.21. The van der Waals surface area contributed by atoms with E-state index in [4.69, 9.17) is 10.5 Å². The lowest BCUT2D eigenvalue weighted by Crippen LogP contribution is -1.96. The van der Waals surface area contributed by atoms with Crippen LogP contribution in [0.5, 0.6) is 11.5 Å². The van der Waals surface area contributed by atoms with Crippen molar-refractivity contribution in [2.24, 2.45) is 0 Å². The third-order valence-electron chi connectivity index (χ3n) is 2.94. The Morgan fingerprint density at radius 1 is 1.10 bits per heavy atom. The second-order valence-electron chi connectivity index (χ2n) is 4.35. The second-order valence-corrected chi connectivity index (χ2v) is 5.21. The third kappa shape index (κ3) is 2.54. The molecule has 2 N–H and O–H groups in total. The van der Waals surface area contributed by atoms with Gasteiger partial charge in [0.1, 0.15) is 17.1 Å². The van der Waals surface area contributed by atoms with E-state index in [1.165, 1.54) is 18.3 Å². The van der Waals surface area contributed by atoms with Gasteiger partial charge in [-0.15, -0.1) is 0 Å². The van der Waals surface area contributed by atoms with Crippen molar-refractivity contribution < 1.29 is 13.5 Å². The lowest BCUT2D eigenvalue weighted by Gasteiger charge is -2.11. The van der Waals surface area contributed by atoms with E-state index in [0.717, 1.165) is 12.1 Å². The van der Waals surface area contributed by atoms with E-state index in [1.807, 2.05) is 0 Å². The molecule has 3 nitrogen and oxygen atoms in total. The molecule has 0 unspecified atom stereocenters. The van der Waals surface area contributed by atoms with Gasteiger partial charge in [0.05, 0.1) is 4.47 Å². The summed E-state index contributed by atoms with van der Waals surface area (Å²) in [4.78, 5) is 4.09. The van der Waals surface area contributed by atoms with Crippen molar-refractivity contribution in [3.63, 3.8) is 0 Å². The number of pyridine rings is 1. The number of anilines is 1. The first-order valence-corrected chi connectivity index (χ1v) is 6.81. The maximum absolute atomic E-state index is 14.1. The molecule has 0 aliphatic carbocycles. The molecule has 0 spiro atoms. The first kappa shape index (κ1) is 13.8. The van der Waals surface area contributed by atoms with Crippen molar-refractivity contribution in [1.29, 1.82) is 0 Å². The molecule has 0 radical (unpaired) electrons. The van der Waals surface area contributed by atoms with Gasteiger partial charge in [0, 0.05) is 29.4 Å². The molecule has 1 aromatic heterocycles. The lowest BCUT2D eigenvalue weighted by molar-refractivity contribution is 0.443. The van der Waals surface area contributed by atoms with E-state index in [2.05, 4.69) is 20.9 Å². The largest absolute Gasteiger partial charge is 0.452 e. The van der Waals surface area contributed by atoms with Gasteiger partial charge in [0.2, 0.25) is 0 Å². The summed E-state index contributed by atoms with van der Waals surface area (Å²) in [7, 11) is 0. The van der Waals surface area contributed by atoms with Crippen LogP contribution >= 0.6 is 15.9 Å². The molecule has 0 aliphatic heterocycles. The number of nitrogens with zero attached hydrogens (tertiary/aromatic N) is 1. The van der Waals surface area contributed by atoms with Crippen LogP contribution in [-0.2, 0) is 0 Å². The summed E-state index contributed by atoms with van der Waals surface area (Å²) >= 11 is 3.05. The Morgan fingerprint density at radius 2 is 1.90 bits per heavy atom. The number of hydrogen-bond acceptors (Lipinski definition) is 3. The number of nitrogen functional groups attached to an aromatic ring is 1. The zero-order valence-electron chi connectivity index (χ0n) is 10.6. The zero-order valence-corrected chi connectivity index (χ0v) is 12.2. The molecule has 21 heavy (non-hydrogen) atoms. The summed E-state index contributed by atoms with van der Waals surface area (Å²) in [5, 5.41) is 0.575. The van der Waals surface area contributed by atoms with Gasteiger partial charge in [-0.3, -0.25) is 4.98 Å². The number of benzene rings is 2. The number of ether oxygens (including phenoxy) is 1. The average molecular weight is 351 g/mol.